The van der Waals surface area contributed by atoms with Crippen LogP contribution in [-0.2, 0) is 0 Å². The molecule has 0 aliphatic carbocycles. The lowest BCUT2D eigenvalue weighted by Gasteiger charge is -2.09. The number of rotatable bonds is 4. The van der Waals surface area contributed by atoms with Crippen LogP contribution in [-0.4, -0.2) is 18.1 Å². The molecule has 0 fully saturated rings. The molecule has 0 spiro atoms. The van der Waals surface area contributed by atoms with Crippen LogP contribution in [0.4, 0.5) is 4.39 Å². The van der Waals surface area contributed by atoms with Crippen LogP contribution in [0.3, 0.4) is 0 Å². The van der Waals surface area contributed by atoms with Crippen LogP contribution in [0.5, 0.6) is 0 Å². The number of hydrogen-bond donors (Lipinski definition) is 1. The Kier molecular flexibility index (Phi) is 4.45. The molecular weight excluding hydrogens is 259 g/mol. The van der Waals surface area contributed by atoms with E-state index in [9.17, 15) is 4.39 Å². The molecule has 2 rings (SSSR count). The van der Waals surface area contributed by atoms with E-state index in [1.807, 2.05) is 12.4 Å². The molecule has 1 heterocycles. The first-order valence-corrected chi connectivity index (χ1v) is 7.05. The molecular formula is C15H17FN2S. The average molecular weight is 276 g/mol. The molecule has 19 heavy (non-hydrogen) atoms. The van der Waals surface area contributed by atoms with Crippen molar-refractivity contribution in [3.05, 3.63) is 46.7 Å². The van der Waals surface area contributed by atoms with Gasteiger partial charge in [-0.25, -0.2) is 9.37 Å². The summed E-state index contributed by atoms with van der Waals surface area (Å²) in [4.78, 5) is 4.56. The molecule has 0 bridgehead atoms. The van der Waals surface area contributed by atoms with Crippen LogP contribution in [0.15, 0.2) is 35.2 Å². The van der Waals surface area contributed by atoms with E-state index >= 15 is 0 Å². The zero-order chi connectivity index (χ0) is 13.8. The van der Waals surface area contributed by atoms with Gasteiger partial charge >= 0.3 is 0 Å². The van der Waals surface area contributed by atoms with Crippen LogP contribution < -0.4 is 5.32 Å². The van der Waals surface area contributed by atoms with Crippen molar-refractivity contribution in [3.63, 3.8) is 0 Å². The first-order valence-electron chi connectivity index (χ1n) is 6.17. The Morgan fingerprint density at radius 3 is 2.68 bits per heavy atom. The molecule has 1 aromatic carbocycles. The third-order valence-electron chi connectivity index (χ3n) is 3.10. The third-order valence-corrected chi connectivity index (χ3v) is 4.01. The largest absolute Gasteiger partial charge is 0.314 e. The van der Waals surface area contributed by atoms with Gasteiger partial charge in [0.05, 0.1) is 5.69 Å². The zero-order valence-electron chi connectivity index (χ0n) is 11.3. The molecule has 1 unspecified atom stereocenters. The lowest BCUT2D eigenvalue weighted by molar-refractivity contribution is 0.628. The van der Waals surface area contributed by atoms with Crippen LogP contribution in [0.25, 0.3) is 16.6 Å². The second kappa shape index (κ2) is 6.08. The number of hydrogen-bond acceptors (Lipinski definition) is 3. The zero-order valence-corrected chi connectivity index (χ0v) is 12.1. The van der Waals surface area contributed by atoms with Crippen molar-refractivity contribution >= 4 is 17.4 Å². The number of halogens is 1. The smallest absolute Gasteiger partial charge is 0.124 e. The Morgan fingerprint density at radius 2 is 2.05 bits per heavy atom. The summed E-state index contributed by atoms with van der Waals surface area (Å²) >= 11 is 1.57. The summed E-state index contributed by atoms with van der Waals surface area (Å²) in [5, 5.41) is 6.13. The maximum atomic E-state index is 12.9. The summed E-state index contributed by atoms with van der Waals surface area (Å²) < 4.78 is 12.9. The summed E-state index contributed by atoms with van der Waals surface area (Å²) in [6, 6.07) is 6.76. The van der Waals surface area contributed by atoms with Gasteiger partial charge in [-0.05, 0) is 51.2 Å². The Morgan fingerprint density at radius 1 is 1.37 bits per heavy atom. The lowest BCUT2D eigenvalue weighted by Crippen LogP contribution is -2.21. The van der Waals surface area contributed by atoms with E-state index in [2.05, 4.69) is 30.2 Å². The highest BCUT2D eigenvalue weighted by Crippen LogP contribution is 2.25. The van der Waals surface area contributed by atoms with E-state index in [0.29, 0.717) is 6.04 Å². The molecule has 0 aliphatic rings. The topological polar surface area (TPSA) is 24.9 Å². The molecule has 0 amide bonds. The maximum Gasteiger partial charge on any atom is 0.124 e. The van der Waals surface area contributed by atoms with Gasteiger partial charge in [0.2, 0.25) is 0 Å². The van der Waals surface area contributed by atoms with Gasteiger partial charge in [-0.15, -0.1) is 11.3 Å². The number of likely N-dealkylation sites (N-methyl/N-ethyl adjacent to an activating group) is 1. The minimum atomic E-state index is -0.223. The Balaban J connectivity index is 2.22. The highest BCUT2D eigenvalue weighted by atomic mass is 32.1. The van der Waals surface area contributed by atoms with Crippen molar-refractivity contribution in [1.82, 2.24) is 10.3 Å². The standard InChI is InChI=1S/C15H17FN2S/c1-10(11(2)17-3)8-14-9-19-15(18-14)12-4-6-13(16)7-5-12/h4-9,11,17H,1-3H3/b10-8+. The quantitative estimate of drug-likeness (QED) is 0.914. The van der Waals surface area contributed by atoms with Gasteiger partial charge < -0.3 is 5.32 Å². The van der Waals surface area contributed by atoms with Crippen molar-refractivity contribution in [3.8, 4) is 10.6 Å². The maximum absolute atomic E-state index is 12.9. The van der Waals surface area contributed by atoms with Gasteiger partial charge in [0.1, 0.15) is 10.8 Å². The fourth-order valence-corrected chi connectivity index (χ4v) is 2.45. The fraction of sp³-hybridized carbons (Fsp3) is 0.267. The van der Waals surface area contributed by atoms with Gasteiger partial charge in [0, 0.05) is 17.0 Å². The molecule has 100 valence electrons. The normalized spacial score (nSPS) is 13.6. The van der Waals surface area contributed by atoms with E-state index in [1.54, 1.807) is 23.5 Å². The van der Waals surface area contributed by atoms with E-state index in [0.717, 1.165) is 16.3 Å². The van der Waals surface area contributed by atoms with E-state index in [-0.39, 0.29) is 5.82 Å². The van der Waals surface area contributed by atoms with E-state index in [4.69, 9.17) is 0 Å². The van der Waals surface area contributed by atoms with E-state index < -0.39 is 0 Å². The number of aromatic nitrogens is 1. The van der Waals surface area contributed by atoms with Crippen molar-refractivity contribution in [2.24, 2.45) is 0 Å². The summed E-state index contributed by atoms with van der Waals surface area (Å²) in [7, 11) is 1.94. The number of thiazole rings is 1. The first-order chi connectivity index (χ1) is 9.10. The van der Waals surface area contributed by atoms with Crippen molar-refractivity contribution in [1.29, 1.82) is 0 Å². The monoisotopic (exact) mass is 276 g/mol. The third kappa shape index (κ3) is 3.49. The number of nitrogens with one attached hydrogen (secondary N) is 1. The molecule has 2 nitrogen and oxygen atoms in total. The molecule has 4 heteroatoms. The minimum Gasteiger partial charge on any atom is -0.314 e. The SMILES string of the molecule is CNC(C)/C(C)=C/c1csc(-c2ccc(F)cc2)n1. The molecule has 0 aliphatic heterocycles. The molecule has 1 aromatic heterocycles. The highest BCUT2D eigenvalue weighted by molar-refractivity contribution is 7.13. The number of benzene rings is 1. The molecule has 0 radical (unpaired) electrons. The Bertz CT molecular complexity index is 572. The van der Waals surface area contributed by atoms with Crippen molar-refractivity contribution in [2.75, 3.05) is 7.05 Å². The predicted octanol–water partition coefficient (Wildman–Crippen LogP) is 3.96. The highest BCUT2D eigenvalue weighted by Gasteiger charge is 2.05. The Hall–Kier alpha value is -1.52. The van der Waals surface area contributed by atoms with E-state index in [1.165, 1.54) is 17.7 Å². The molecule has 1 atom stereocenters. The minimum absolute atomic E-state index is 0.223. The number of nitrogens with zero attached hydrogens (tertiary/aromatic N) is 1. The summed E-state index contributed by atoms with van der Waals surface area (Å²) in [5.41, 5.74) is 3.13. The summed E-state index contributed by atoms with van der Waals surface area (Å²) in [6.45, 7) is 4.19. The second-order valence-electron chi connectivity index (χ2n) is 4.48. The fourth-order valence-electron chi connectivity index (χ4n) is 1.66. The van der Waals surface area contributed by atoms with Crippen molar-refractivity contribution in [2.45, 2.75) is 19.9 Å². The van der Waals surface area contributed by atoms with Crippen molar-refractivity contribution < 1.29 is 4.39 Å². The van der Waals surface area contributed by atoms with Crippen LogP contribution in [0.1, 0.15) is 19.5 Å². The van der Waals surface area contributed by atoms with Crippen LogP contribution in [0, 0.1) is 5.82 Å². The Labute approximate surface area is 117 Å². The van der Waals surface area contributed by atoms with Gasteiger partial charge in [0.25, 0.3) is 0 Å². The predicted molar refractivity (Wildman–Crippen MR) is 79.7 cm³/mol. The van der Waals surface area contributed by atoms with Gasteiger partial charge in [-0.1, -0.05) is 5.57 Å². The lowest BCUT2D eigenvalue weighted by atomic mass is 10.1. The van der Waals surface area contributed by atoms with Crippen LogP contribution >= 0.6 is 11.3 Å². The summed E-state index contributed by atoms with van der Waals surface area (Å²) in [6.07, 6.45) is 2.07. The van der Waals surface area contributed by atoms with Gasteiger partial charge in [-0.2, -0.15) is 0 Å². The molecule has 0 saturated heterocycles. The molecule has 1 N–H and O–H groups in total. The van der Waals surface area contributed by atoms with Crippen LogP contribution in [0.2, 0.25) is 0 Å². The first kappa shape index (κ1) is 13.9. The molecule has 0 saturated carbocycles. The molecule has 2 aromatic rings. The van der Waals surface area contributed by atoms with Gasteiger partial charge in [-0.3, -0.25) is 0 Å². The van der Waals surface area contributed by atoms with Gasteiger partial charge in [0.15, 0.2) is 0 Å². The second-order valence-corrected chi connectivity index (χ2v) is 5.34. The average Bonchev–Trinajstić information content (AvgIpc) is 2.87. The summed E-state index contributed by atoms with van der Waals surface area (Å²) in [5.74, 6) is -0.223.